The average molecular weight is 256 g/mol. The Kier molecular flexibility index (Phi) is 3.85. The van der Waals surface area contributed by atoms with Crippen molar-refractivity contribution in [1.29, 1.82) is 0 Å². The van der Waals surface area contributed by atoms with Crippen molar-refractivity contribution in [3.8, 4) is 11.5 Å². The third-order valence-electron chi connectivity index (χ3n) is 2.86. The Morgan fingerprint density at radius 2 is 1.79 bits per heavy atom. The van der Waals surface area contributed by atoms with Crippen LogP contribution in [0.4, 0.5) is 0 Å². The van der Waals surface area contributed by atoms with Crippen LogP contribution in [-0.4, -0.2) is 11.1 Å². The van der Waals surface area contributed by atoms with Gasteiger partial charge in [0.1, 0.15) is 17.1 Å². The minimum atomic E-state index is -0.550. The molecule has 0 amide bonds. The van der Waals surface area contributed by atoms with Crippen LogP contribution in [0.1, 0.15) is 35.7 Å². The van der Waals surface area contributed by atoms with E-state index in [0.29, 0.717) is 5.75 Å². The first-order valence-corrected chi connectivity index (χ1v) is 6.18. The monoisotopic (exact) mass is 256 g/mol. The second-order valence-corrected chi connectivity index (χ2v) is 4.63. The summed E-state index contributed by atoms with van der Waals surface area (Å²) in [5.41, 5.74) is 1.17. The number of carbonyl (C=O) groups is 1. The number of rotatable bonds is 3. The maximum Gasteiger partial charge on any atom is 0.347 e. The quantitative estimate of drug-likeness (QED) is 0.672. The lowest BCUT2D eigenvalue weighted by atomic mass is 10.0. The van der Waals surface area contributed by atoms with E-state index < -0.39 is 5.97 Å². The summed E-state index contributed by atoms with van der Waals surface area (Å²) in [7, 11) is 0. The van der Waals surface area contributed by atoms with Crippen molar-refractivity contribution in [2.45, 2.75) is 19.8 Å². The van der Waals surface area contributed by atoms with Gasteiger partial charge in [-0.25, -0.2) is 4.79 Å². The first-order valence-electron chi connectivity index (χ1n) is 6.18. The third kappa shape index (κ3) is 3.13. The molecule has 0 aliphatic heterocycles. The highest BCUT2D eigenvalue weighted by atomic mass is 16.5. The van der Waals surface area contributed by atoms with E-state index in [4.69, 9.17) is 4.74 Å². The number of phenolic OH excluding ortho intramolecular Hbond substituents is 1. The van der Waals surface area contributed by atoms with Gasteiger partial charge in [-0.05, 0) is 35.7 Å². The van der Waals surface area contributed by atoms with Gasteiger partial charge in [-0.3, -0.25) is 0 Å². The van der Waals surface area contributed by atoms with Crippen LogP contribution in [0.3, 0.4) is 0 Å². The number of aromatic hydroxyl groups is 1. The Labute approximate surface area is 112 Å². The molecular weight excluding hydrogens is 240 g/mol. The van der Waals surface area contributed by atoms with E-state index in [9.17, 15) is 9.90 Å². The number of hydrogen-bond donors (Lipinski definition) is 1. The number of ether oxygens (including phenoxy) is 1. The fourth-order valence-corrected chi connectivity index (χ4v) is 1.73. The molecule has 0 unspecified atom stereocenters. The standard InChI is InChI=1S/C16H16O3/c1-11(2)12-8-9-15(17)14(10-12)16(18)19-13-6-4-3-5-7-13/h3-11,17H,1-2H3. The number of carbonyl (C=O) groups excluding carboxylic acids is 1. The molecule has 0 aliphatic rings. The molecule has 0 saturated heterocycles. The highest BCUT2D eigenvalue weighted by Crippen LogP contribution is 2.24. The van der Waals surface area contributed by atoms with Crippen LogP contribution in [0.15, 0.2) is 48.5 Å². The van der Waals surface area contributed by atoms with Gasteiger partial charge in [-0.15, -0.1) is 0 Å². The summed E-state index contributed by atoms with van der Waals surface area (Å²) >= 11 is 0. The van der Waals surface area contributed by atoms with E-state index in [-0.39, 0.29) is 17.2 Å². The SMILES string of the molecule is CC(C)c1ccc(O)c(C(=O)Oc2ccccc2)c1. The van der Waals surface area contributed by atoms with Crippen molar-refractivity contribution in [3.63, 3.8) is 0 Å². The van der Waals surface area contributed by atoms with Gasteiger partial charge < -0.3 is 9.84 Å². The van der Waals surface area contributed by atoms with Gasteiger partial charge in [0.25, 0.3) is 0 Å². The summed E-state index contributed by atoms with van der Waals surface area (Å²) in [6, 6.07) is 13.8. The molecule has 3 heteroatoms. The Bertz CT molecular complexity index is 574. The second kappa shape index (κ2) is 5.57. The predicted octanol–water partition coefficient (Wildman–Crippen LogP) is 3.73. The molecular formula is C16H16O3. The zero-order chi connectivity index (χ0) is 13.8. The molecule has 3 nitrogen and oxygen atoms in total. The molecule has 0 atom stereocenters. The average Bonchev–Trinajstić information content (AvgIpc) is 2.40. The van der Waals surface area contributed by atoms with E-state index in [1.807, 2.05) is 19.9 Å². The highest BCUT2D eigenvalue weighted by molar-refractivity contribution is 5.94. The minimum Gasteiger partial charge on any atom is -0.507 e. The highest BCUT2D eigenvalue weighted by Gasteiger charge is 2.15. The molecule has 98 valence electrons. The summed E-state index contributed by atoms with van der Waals surface area (Å²) < 4.78 is 5.22. The van der Waals surface area contributed by atoms with Crippen molar-refractivity contribution < 1.29 is 14.6 Å². The number of para-hydroxylation sites is 1. The van der Waals surface area contributed by atoms with Crippen LogP contribution in [0.25, 0.3) is 0 Å². The Morgan fingerprint density at radius 3 is 2.42 bits per heavy atom. The molecule has 2 aromatic rings. The molecule has 2 aromatic carbocycles. The minimum absolute atomic E-state index is 0.0645. The number of phenols is 1. The fourth-order valence-electron chi connectivity index (χ4n) is 1.73. The molecule has 0 saturated carbocycles. The normalized spacial score (nSPS) is 10.5. The summed E-state index contributed by atoms with van der Waals surface area (Å²) in [6.07, 6.45) is 0. The topological polar surface area (TPSA) is 46.5 Å². The summed E-state index contributed by atoms with van der Waals surface area (Å²) in [4.78, 5) is 12.0. The maximum absolute atomic E-state index is 12.0. The van der Waals surface area contributed by atoms with E-state index in [2.05, 4.69) is 0 Å². The van der Waals surface area contributed by atoms with Gasteiger partial charge in [-0.2, -0.15) is 0 Å². The van der Waals surface area contributed by atoms with Gasteiger partial charge in [-0.1, -0.05) is 38.1 Å². The lowest BCUT2D eigenvalue weighted by Crippen LogP contribution is -2.09. The van der Waals surface area contributed by atoms with Crippen molar-refractivity contribution in [3.05, 3.63) is 59.7 Å². The van der Waals surface area contributed by atoms with Crippen LogP contribution < -0.4 is 4.74 Å². The fraction of sp³-hybridized carbons (Fsp3) is 0.188. The molecule has 0 radical (unpaired) electrons. The molecule has 0 aromatic heterocycles. The summed E-state index contributed by atoms with van der Waals surface area (Å²) in [6.45, 7) is 4.05. The molecule has 19 heavy (non-hydrogen) atoms. The first kappa shape index (κ1) is 13.1. The van der Waals surface area contributed by atoms with Crippen LogP contribution in [0.2, 0.25) is 0 Å². The predicted molar refractivity (Wildman–Crippen MR) is 73.6 cm³/mol. The molecule has 0 bridgehead atoms. The molecule has 1 N–H and O–H groups in total. The largest absolute Gasteiger partial charge is 0.507 e. The van der Waals surface area contributed by atoms with E-state index in [1.165, 1.54) is 6.07 Å². The Morgan fingerprint density at radius 1 is 1.11 bits per heavy atom. The number of hydrogen-bond acceptors (Lipinski definition) is 3. The number of benzene rings is 2. The smallest absolute Gasteiger partial charge is 0.347 e. The summed E-state index contributed by atoms with van der Waals surface area (Å²) in [5.74, 6) is 0.127. The summed E-state index contributed by atoms with van der Waals surface area (Å²) in [5, 5.41) is 9.76. The van der Waals surface area contributed by atoms with Gasteiger partial charge in [0, 0.05) is 0 Å². The van der Waals surface area contributed by atoms with Gasteiger partial charge in [0.15, 0.2) is 0 Å². The Hall–Kier alpha value is -2.29. The van der Waals surface area contributed by atoms with E-state index >= 15 is 0 Å². The first-order chi connectivity index (χ1) is 9.08. The zero-order valence-corrected chi connectivity index (χ0v) is 11.0. The van der Waals surface area contributed by atoms with Crippen molar-refractivity contribution in [2.24, 2.45) is 0 Å². The lowest BCUT2D eigenvalue weighted by molar-refractivity contribution is 0.0731. The van der Waals surface area contributed by atoms with Crippen LogP contribution in [0.5, 0.6) is 11.5 Å². The molecule has 0 aliphatic carbocycles. The van der Waals surface area contributed by atoms with Crippen molar-refractivity contribution in [1.82, 2.24) is 0 Å². The van der Waals surface area contributed by atoms with Gasteiger partial charge >= 0.3 is 5.97 Å². The van der Waals surface area contributed by atoms with Gasteiger partial charge in [0.2, 0.25) is 0 Å². The second-order valence-electron chi connectivity index (χ2n) is 4.63. The molecule has 2 rings (SSSR count). The molecule has 0 fully saturated rings. The van der Waals surface area contributed by atoms with Gasteiger partial charge in [0.05, 0.1) is 0 Å². The molecule has 0 heterocycles. The van der Waals surface area contributed by atoms with E-state index in [0.717, 1.165) is 5.56 Å². The van der Waals surface area contributed by atoms with Crippen LogP contribution in [-0.2, 0) is 0 Å². The van der Waals surface area contributed by atoms with Crippen molar-refractivity contribution in [2.75, 3.05) is 0 Å². The van der Waals surface area contributed by atoms with Crippen molar-refractivity contribution >= 4 is 5.97 Å². The maximum atomic E-state index is 12.0. The Balaban J connectivity index is 2.26. The molecule has 0 spiro atoms. The third-order valence-corrected chi connectivity index (χ3v) is 2.86. The number of esters is 1. The van der Waals surface area contributed by atoms with Crippen LogP contribution >= 0.6 is 0 Å². The van der Waals surface area contributed by atoms with Crippen LogP contribution in [0, 0.1) is 0 Å². The lowest BCUT2D eigenvalue weighted by Gasteiger charge is -2.10. The zero-order valence-electron chi connectivity index (χ0n) is 11.0. The van der Waals surface area contributed by atoms with E-state index in [1.54, 1.807) is 36.4 Å².